The minimum Gasteiger partial charge on any atom is -0.494 e. The third-order valence-electron chi connectivity index (χ3n) is 5.59. The summed E-state index contributed by atoms with van der Waals surface area (Å²) in [5.41, 5.74) is 6.48. The summed E-state index contributed by atoms with van der Waals surface area (Å²) in [4.78, 5) is 17.6. The zero-order valence-electron chi connectivity index (χ0n) is 18.3. The fourth-order valence-corrected chi connectivity index (χ4v) is 4.03. The number of likely N-dealkylation sites (N-methyl/N-ethyl adjacent to an activating group) is 1. The number of halogens is 1. The Morgan fingerprint density at radius 2 is 2.19 bits per heavy atom. The van der Waals surface area contributed by atoms with E-state index in [-0.39, 0.29) is 17.6 Å². The van der Waals surface area contributed by atoms with Crippen molar-refractivity contribution in [3.05, 3.63) is 48.2 Å². The number of nitrogens with two attached hydrogens (primary N) is 1. The number of anilines is 4. The molecule has 3 aromatic rings. The van der Waals surface area contributed by atoms with Gasteiger partial charge in [-0.1, -0.05) is 6.92 Å². The first-order valence-corrected chi connectivity index (χ1v) is 10.7. The quantitative estimate of drug-likeness (QED) is 0.516. The zero-order chi connectivity index (χ0) is 22.5. The Kier molecular flexibility index (Phi) is 6.69. The molecule has 0 spiro atoms. The first-order valence-electron chi connectivity index (χ1n) is 10.7. The van der Waals surface area contributed by atoms with Crippen molar-refractivity contribution in [1.82, 2.24) is 19.9 Å². The van der Waals surface area contributed by atoms with E-state index in [1.54, 1.807) is 12.3 Å². The first-order chi connectivity index (χ1) is 15.6. The molecule has 1 unspecified atom stereocenters. The number of aromatic nitrogens is 3. The largest absolute Gasteiger partial charge is 0.494 e. The fourth-order valence-electron chi connectivity index (χ4n) is 4.03. The van der Waals surface area contributed by atoms with Crippen LogP contribution in [0.25, 0.3) is 0 Å². The SMILES string of the molecule is CCN1CCCC1CN(Cc1ccco1)c1nc(N)nc(Nc2ccc(OC)c(F)c2)n1. The van der Waals surface area contributed by atoms with Crippen molar-refractivity contribution in [2.45, 2.75) is 32.4 Å². The molecule has 1 aliphatic heterocycles. The maximum Gasteiger partial charge on any atom is 0.233 e. The summed E-state index contributed by atoms with van der Waals surface area (Å²) in [5, 5.41) is 3.01. The predicted octanol–water partition coefficient (Wildman–Crippen LogP) is 3.43. The van der Waals surface area contributed by atoms with Gasteiger partial charge in [-0.15, -0.1) is 0 Å². The van der Waals surface area contributed by atoms with Gasteiger partial charge in [0.05, 0.1) is 19.9 Å². The highest BCUT2D eigenvalue weighted by molar-refractivity contribution is 5.57. The molecule has 1 aromatic carbocycles. The van der Waals surface area contributed by atoms with Gasteiger partial charge in [-0.05, 0) is 50.2 Å². The monoisotopic (exact) mass is 441 g/mol. The number of ether oxygens (including phenoxy) is 1. The number of methoxy groups -OCH3 is 1. The molecule has 1 saturated heterocycles. The van der Waals surface area contributed by atoms with Crippen molar-refractivity contribution >= 4 is 23.5 Å². The Morgan fingerprint density at radius 1 is 1.31 bits per heavy atom. The van der Waals surface area contributed by atoms with Crippen LogP contribution in [0.3, 0.4) is 0 Å². The molecular formula is C22H28FN7O2. The van der Waals surface area contributed by atoms with Crippen LogP contribution < -0.4 is 20.7 Å². The van der Waals surface area contributed by atoms with E-state index in [1.807, 2.05) is 12.1 Å². The van der Waals surface area contributed by atoms with Crippen LogP contribution in [0, 0.1) is 5.82 Å². The Morgan fingerprint density at radius 3 is 2.91 bits per heavy atom. The van der Waals surface area contributed by atoms with E-state index >= 15 is 0 Å². The van der Waals surface area contributed by atoms with Crippen molar-refractivity contribution < 1.29 is 13.5 Å². The zero-order valence-corrected chi connectivity index (χ0v) is 18.3. The van der Waals surface area contributed by atoms with E-state index < -0.39 is 5.82 Å². The average molecular weight is 442 g/mol. The van der Waals surface area contributed by atoms with Crippen molar-refractivity contribution in [2.24, 2.45) is 0 Å². The Bertz CT molecular complexity index is 1030. The van der Waals surface area contributed by atoms with Crippen LogP contribution in [0.4, 0.5) is 27.9 Å². The van der Waals surface area contributed by atoms with Crippen LogP contribution in [0.2, 0.25) is 0 Å². The van der Waals surface area contributed by atoms with Crippen LogP contribution in [-0.4, -0.2) is 52.6 Å². The minimum absolute atomic E-state index is 0.0784. The lowest BCUT2D eigenvalue weighted by Crippen LogP contribution is -2.41. The number of nitrogens with zero attached hydrogens (tertiary/aromatic N) is 5. The lowest BCUT2D eigenvalue weighted by atomic mass is 10.2. The second-order valence-corrected chi connectivity index (χ2v) is 7.68. The Labute approximate surface area is 186 Å². The number of furan rings is 1. The number of likely N-dealkylation sites (tertiary alicyclic amines) is 1. The molecule has 0 aliphatic carbocycles. The van der Waals surface area contributed by atoms with Crippen LogP contribution in [0.1, 0.15) is 25.5 Å². The molecule has 1 fully saturated rings. The molecule has 0 bridgehead atoms. The number of benzene rings is 1. The van der Waals surface area contributed by atoms with Crippen LogP contribution in [0.5, 0.6) is 5.75 Å². The summed E-state index contributed by atoms with van der Waals surface area (Å²) >= 11 is 0. The smallest absolute Gasteiger partial charge is 0.233 e. The second-order valence-electron chi connectivity index (χ2n) is 7.68. The van der Waals surface area contributed by atoms with Gasteiger partial charge in [0, 0.05) is 24.3 Å². The molecule has 3 N–H and O–H groups in total. The molecule has 32 heavy (non-hydrogen) atoms. The molecule has 4 rings (SSSR count). The van der Waals surface area contributed by atoms with Gasteiger partial charge in [0.2, 0.25) is 17.8 Å². The van der Waals surface area contributed by atoms with Crippen LogP contribution in [0.15, 0.2) is 41.0 Å². The summed E-state index contributed by atoms with van der Waals surface area (Å²) in [6.07, 6.45) is 3.93. The van der Waals surface area contributed by atoms with Gasteiger partial charge < -0.3 is 25.1 Å². The average Bonchev–Trinajstić information content (AvgIpc) is 3.45. The maximum absolute atomic E-state index is 14.1. The molecular weight excluding hydrogens is 413 g/mol. The molecule has 9 nitrogen and oxygen atoms in total. The fraction of sp³-hybridized carbons (Fsp3) is 0.409. The number of hydrogen-bond acceptors (Lipinski definition) is 9. The molecule has 2 aromatic heterocycles. The molecule has 0 amide bonds. The van der Waals surface area contributed by atoms with Crippen molar-refractivity contribution in [3.63, 3.8) is 0 Å². The van der Waals surface area contributed by atoms with Crippen LogP contribution >= 0.6 is 0 Å². The van der Waals surface area contributed by atoms with Gasteiger partial charge in [0.15, 0.2) is 11.6 Å². The van der Waals surface area contributed by atoms with Gasteiger partial charge in [-0.25, -0.2) is 4.39 Å². The maximum atomic E-state index is 14.1. The van der Waals surface area contributed by atoms with E-state index in [0.717, 1.165) is 31.8 Å². The van der Waals surface area contributed by atoms with Crippen LogP contribution in [-0.2, 0) is 6.54 Å². The van der Waals surface area contributed by atoms with Crippen molar-refractivity contribution in [3.8, 4) is 5.75 Å². The minimum atomic E-state index is -0.486. The topological polar surface area (TPSA) is 106 Å². The summed E-state index contributed by atoms with van der Waals surface area (Å²) in [7, 11) is 1.42. The number of rotatable bonds is 9. The molecule has 3 heterocycles. The Balaban J connectivity index is 1.60. The molecule has 170 valence electrons. The molecule has 0 saturated carbocycles. The lowest BCUT2D eigenvalue weighted by molar-refractivity contribution is 0.267. The normalized spacial score (nSPS) is 16.3. The van der Waals surface area contributed by atoms with Gasteiger partial charge in [0.1, 0.15) is 5.76 Å². The van der Waals surface area contributed by atoms with Gasteiger partial charge >= 0.3 is 0 Å². The third-order valence-corrected chi connectivity index (χ3v) is 5.59. The summed E-state index contributed by atoms with van der Waals surface area (Å²) < 4.78 is 24.6. The highest BCUT2D eigenvalue weighted by Crippen LogP contribution is 2.25. The van der Waals surface area contributed by atoms with Crippen molar-refractivity contribution in [1.29, 1.82) is 0 Å². The summed E-state index contributed by atoms with van der Waals surface area (Å²) in [5.74, 6) is 1.23. The Hall–Kier alpha value is -3.40. The van der Waals surface area contributed by atoms with E-state index in [1.165, 1.54) is 25.7 Å². The van der Waals surface area contributed by atoms with E-state index in [0.29, 0.717) is 24.2 Å². The standard InChI is InChI=1S/C22H28FN7O2/c1-3-29-10-4-6-16(29)13-30(14-17-7-5-11-32-17)22-27-20(24)26-21(28-22)25-15-8-9-19(31-2)18(23)12-15/h5,7-9,11-12,16H,3-4,6,10,13-14H2,1-2H3,(H3,24,25,26,27,28). The highest BCUT2D eigenvalue weighted by Gasteiger charge is 2.27. The number of nitrogens with one attached hydrogen (secondary N) is 1. The van der Waals surface area contributed by atoms with Crippen molar-refractivity contribution in [2.75, 3.05) is 42.7 Å². The van der Waals surface area contributed by atoms with E-state index in [9.17, 15) is 4.39 Å². The summed E-state index contributed by atoms with van der Waals surface area (Å²) in [6.45, 7) is 5.49. The molecule has 0 radical (unpaired) electrons. The second kappa shape index (κ2) is 9.82. The molecule has 1 atom stereocenters. The first kappa shape index (κ1) is 21.8. The lowest BCUT2D eigenvalue weighted by Gasteiger charge is -2.30. The number of nitrogen functional groups attached to an aromatic ring is 1. The molecule has 1 aliphatic rings. The van der Waals surface area contributed by atoms with Gasteiger partial charge in [-0.3, -0.25) is 4.90 Å². The van der Waals surface area contributed by atoms with Gasteiger partial charge in [-0.2, -0.15) is 15.0 Å². The van der Waals surface area contributed by atoms with Gasteiger partial charge in [0.25, 0.3) is 0 Å². The molecule has 10 heteroatoms. The van der Waals surface area contributed by atoms with E-state index in [2.05, 4.69) is 37.0 Å². The summed E-state index contributed by atoms with van der Waals surface area (Å²) in [6, 6.07) is 8.69. The highest BCUT2D eigenvalue weighted by atomic mass is 19.1. The third kappa shape index (κ3) is 5.08. The number of hydrogen-bond donors (Lipinski definition) is 2. The predicted molar refractivity (Wildman–Crippen MR) is 121 cm³/mol. The van der Waals surface area contributed by atoms with E-state index in [4.69, 9.17) is 14.9 Å².